The highest BCUT2D eigenvalue weighted by molar-refractivity contribution is 8.93. The number of fused-ring (bicyclic) bond motifs is 1. The van der Waals surface area contributed by atoms with E-state index in [0.29, 0.717) is 33.9 Å². The average molecular weight is 389 g/mol. The van der Waals surface area contributed by atoms with Crippen molar-refractivity contribution in [1.82, 2.24) is 4.90 Å². The number of rotatable bonds is 2. The molecule has 110 valence electrons. The molecule has 2 amide bonds. The van der Waals surface area contributed by atoms with Crippen LogP contribution in [0.1, 0.15) is 0 Å². The van der Waals surface area contributed by atoms with Gasteiger partial charge < -0.3 is 5.32 Å². The number of anilines is 1. The predicted molar refractivity (Wildman–Crippen MR) is 90.1 cm³/mol. The van der Waals surface area contributed by atoms with Gasteiger partial charge >= 0.3 is 0 Å². The Hall–Kier alpha value is -1.31. The lowest BCUT2D eigenvalue weighted by molar-refractivity contribution is -0.122. The van der Waals surface area contributed by atoms with Gasteiger partial charge in [0, 0.05) is 23.3 Å². The van der Waals surface area contributed by atoms with Crippen molar-refractivity contribution >= 4 is 63.0 Å². The maximum absolute atomic E-state index is 12.1. The number of hydrogen-bond donors (Lipinski definition) is 1. The van der Waals surface area contributed by atoms with E-state index < -0.39 is 0 Å². The fourth-order valence-electron chi connectivity index (χ4n) is 1.91. The van der Waals surface area contributed by atoms with Crippen LogP contribution in [0.25, 0.3) is 0 Å². The molecule has 0 aliphatic carbocycles. The van der Waals surface area contributed by atoms with Crippen LogP contribution in [0.4, 0.5) is 5.69 Å². The second kappa shape index (κ2) is 6.64. The monoisotopic (exact) mass is 387 g/mol. The number of thioether (sulfide) groups is 1. The lowest BCUT2D eigenvalue weighted by Gasteiger charge is -2.21. The quantitative estimate of drug-likeness (QED) is 0.847. The van der Waals surface area contributed by atoms with Gasteiger partial charge in [0.25, 0.3) is 11.8 Å². The zero-order chi connectivity index (χ0) is 14.1. The summed E-state index contributed by atoms with van der Waals surface area (Å²) in [7, 11) is 0. The lowest BCUT2D eigenvalue weighted by Crippen LogP contribution is -2.35. The van der Waals surface area contributed by atoms with Crippen molar-refractivity contribution in [2.75, 3.05) is 18.4 Å². The SMILES string of the molecule is Br.O=C(Nc1cccc(Cl)c1)C1=CC(=O)N2CCN=C2S1. The van der Waals surface area contributed by atoms with E-state index in [1.807, 2.05) is 0 Å². The van der Waals surface area contributed by atoms with E-state index in [1.165, 1.54) is 17.8 Å². The first-order valence-electron chi connectivity index (χ1n) is 5.96. The summed E-state index contributed by atoms with van der Waals surface area (Å²) in [6.45, 7) is 1.17. The van der Waals surface area contributed by atoms with Gasteiger partial charge in [-0.05, 0) is 30.0 Å². The van der Waals surface area contributed by atoms with Crippen molar-refractivity contribution in [3.05, 3.63) is 40.3 Å². The number of halogens is 2. The first-order valence-corrected chi connectivity index (χ1v) is 7.15. The van der Waals surface area contributed by atoms with Gasteiger partial charge in [0.05, 0.1) is 11.4 Å². The number of amides is 2. The van der Waals surface area contributed by atoms with Crippen LogP contribution < -0.4 is 5.32 Å². The Morgan fingerprint density at radius 3 is 3.00 bits per heavy atom. The number of aliphatic imine (C=N–C) groups is 1. The molecular formula is C13H11BrClN3O2S. The molecule has 0 saturated heterocycles. The third kappa shape index (κ3) is 3.48. The minimum absolute atomic E-state index is 0. The summed E-state index contributed by atoms with van der Waals surface area (Å²) in [6.07, 6.45) is 1.34. The number of carbonyl (C=O) groups is 2. The smallest absolute Gasteiger partial charge is 0.262 e. The van der Waals surface area contributed by atoms with Crippen LogP contribution in [0.2, 0.25) is 5.02 Å². The molecule has 5 nitrogen and oxygen atoms in total. The number of nitrogens with zero attached hydrogens (tertiary/aromatic N) is 2. The Bertz CT molecular complexity index is 663. The van der Waals surface area contributed by atoms with Crippen LogP contribution >= 0.6 is 40.3 Å². The maximum Gasteiger partial charge on any atom is 0.262 e. The van der Waals surface area contributed by atoms with Crippen molar-refractivity contribution < 1.29 is 9.59 Å². The van der Waals surface area contributed by atoms with Crippen molar-refractivity contribution in [2.45, 2.75) is 0 Å². The van der Waals surface area contributed by atoms with Gasteiger partial charge in [-0.3, -0.25) is 19.5 Å². The summed E-state index contributed by atoms with van der Waals surface area (Å²) >= 11 is 7.07. The molecular weight excluding hydrogens is 378 g/mol. The largest absolute Gasteiger partial charge is 0.321 e. The molecule has 2 aliphatic heterocycles. The normalized spacial score (nSPS) is 16.6. The minimum atomic E-state index is -0.333. The number of benzene rings is 1. The molecule has 3 rings (SSSR count). The average Bonchev–Trinajstić information content (AvgIpc) is 2.87. The summed E-state index contributed by atoms with van der Waals surface area (Å²) in [6, 6.07) is 6.85. The van der Waals surface area contributed by atoms with Crippen molar-refractivity contribution in [3.8, 4) is 0 Å². The molecule has 1 N–H and O–H groups in total. The molecule has 0 saturated carbocycles. The summed E-state index contributed by atoms with van der Waals surface area (Å²) in [4.78, 5) is 30.1. The van der Waals surface area contributed by atoms with Crippen LogP contribution in [-0.2, 0) is 9.59 Å². The minimum Gasteiger partial charge on any atom is -0.321 e. The van der Waals surface area contributed by atoms with E-state index in [9.17, 15) is 9.59 Å². The molecule has 21 heavy (non-hydrogen) atoms. The Labute approximate surface area is 141 Å². The topological polar surface area (TPSA) is 61.8 Å². The molecule has 2 aliphatic rings. The molecule has 0 atom stereocenters. The Morgan fingerprint density at radius 2 is 2.24 bits per heavy atom. The first kappa shape index (κ1) is 16.1. The van der Waals surface area contributed by atoms with E-state index >= 15 is 0 Å². The summed E-state index contributed by atoms with van der Waals surface area (Å²) in [5.74, 6) is -0.531. The van der Waals surface area contributed by atoms with Gasteiger partial charge in [-0.2, -0.15) is 0 Å². The van der Waals surface area contributed by atoms with E-state index in [4.69, 9.17) is 11.6 Å². The lowest BCUT2D eigenvalue weighted by atomic mass is 10.3. The molecule has 0 unspecified atom stereocenters. The second-order valence-corrected chi connectivity index (χ2v) is 5.67. The predicted octanol–water partition coefficient (Wildman–Crippen LogP) is 2.69. The van der Waals surface area contributed by atoms with Crippen molar-refractivity contribution in [3.63, 3.8) is 0 Å². The van der Waals surface area contributed by atoms with Crippen LogP contribution in [0.15, 0.2) is 40.2 Å². The van der Waals surface area contributed by atoms with E-state index in [2.05, 4.69) is 10.3 Å². The molecule has 0 aromatic heterocycles. The number of amidine groups is 1. The summed E-state index contributed by atoms with van der Waals surface area (Å²) in [5.41, 5.74) is 0.590. The number of hydrogen-bond acceptors (Lipinski definition) is 4. The number of nitrogens with one attached hydrogen (secondary N) is 1. The zero-order valence-electron chi connectivity index (χ0n) is 10.7. The highest BCUT2D eigenvalue weighted by Crippen LogP contribution is 2.29. The first-order chi connectivity index (χ1) is 9.63. The van der Waals surface area contributed by atoms with Gasteiger partial charge in [-0.25, -0.2) is 0 Å². The van der Waals surface area contributed by atoms with Gasteiger partial charge in [0.2, 0.25) is 0 Å². The molecule has 0 bridgehead atoms. The van der Waals surface area contributed by atoms with Crippen LogP contribution in [0.5, 0.6) is 0 Å². The van der Waals surface area contributed by atoms with Crippen molar-refractivity contribution in [1.29, 1.82) is 0 Å². The molecule has 1 aromatic rings. The van der Waals surface area contributed by atoms with E-state index in [1.54, 1.807) is 29.2 Å². The molecule has 0 spiro atoms. The molecule has 2 heterocycles. The van der Waals surface area contributed by atoms with Crippen LogP contribution in [-0.4, -0.2) is 35.0 Å². The molecule has 8 heteroatoms. The standard InChI is InChI=1S/C13H10ClN3O2S.BrH/c14-8-2-1-3-9(6-8)16-12(19)10-7-11(18)17-5-4-15-13(17)20-10;/h1-3,6-7H,4-5H2,(H,16,19);1H. The fraction of sp³-hybridized carbons (Fsp3) is 0.154. The zero-order valence-corrected chi connectivity index (χ0v) is 14.0. The highest BCUT2D eigenvalue weighted by Gasteiger charge is 2.31. The second-order valence-electron chi connectivity index (χ2n) is 4.23. The summed E-state index contributed by atoms with van der Waals surface area (Å²) < 4.78 is 0. The van der Waals surface area contributed by atoms with Gasteiger partial charge in [0.1, 0.15) is 0 Å². The van der Waals surface area contributed by atoms with E-state index in [-0.39, 0.29) is 28.8 Å². The molecule has 0 radical (unpaired) electrons. The summed E-state index contributed by atoms with van der Waals surface area (Å²) in [5, 5.41) is 3.84. The highest BCUT2D eigenvalue weighted by atomic mass is 79.9. The van der Waals surface area contributed by atoms with E-state index in [0.717, 1.165) is 0 Å². The van der Waals surface area contributed by atoms with Gasteiger partial charge in [-0.1, -0.05) is 17.7 Å². The van der Waals surface area contributed by atoms with Gasteiger partial charge in [0.15, 0.2) is 5.17 Å². The number of carbonyl (C=O) groups excluding carboxylic acids is 2. The molecule has 0 fully saturated rings. The Balaban J connectivity index is 0.00000161. The maximum atomic E-state index is 12.1. The third-order valence-corrected chi connectivity index (χ3v) is 4.12. The third-order valence-electron chi connectivity index (χ3n) is 2.83. The Kier molecular flexibility index (Phi) is 5.08. The fourth-order valence-corrected chi connectivity index (χ4v) is 3.04. The van der Waals surface area contributed by atoms with Crippen molar-refractivity contribution in [2.24, 2.45) is 4.99 Å². The van der Waals surface area contributed by atoms with Crippen LogP contribution in [0, 0.1) is 0 Å². The molecule has 1 aromatic carbocycles. The van der Waals surface area contributed by atoms with Gasteiger partial charge in [-0.15, -0.1) is 17.0 Å². The van der Waals surface area contributed by atoms with Crippen LogP contribution in [0.3, 0.4) is 0 Å². The Morgan fingerprint density at radius 1 is 1.43 bits per heavy atom.